The maximum atomic E-state index is 15.4. The van der Waals surface area contributed by atoms with E-state index >= 15 is 13.2 Å². The molecule has 3 saturated heterocycles. The van der Waals surface area contributed by atoms with Crippen molar-refractivity contribution in [2.45, 2.75) is 119 Å². The van der Waals surface area contributed by atoms with Crippen LogP contribution in [-0.2, 0) is 14.4 Å². The molecule has 3 aliphatic heterocycles. The second-order valence-electron chi connectivity index (χ2n) is 33.6. The molecule has 138 heavy (non-hydrogen) atoms. The van der Waals surface area contributed by atoms with Crippen molar-refractivity contribution in [3.05, 3.63) is 254 Å². The number of aromatic hydroxyl groups is 3. The number of carbonyl (C=O) groups is 3. The van der Waals surface area contributed by atoms with Crippen molar-refractivity contribution in [3.63, 3.8) is 0 Å². The van der Waals surface area contributed by atoms with Gasteiger partial charge in [0.2, 0.25) is 17.7 Å². The number of carbonyl (C=O) groups excluding carboxylic acids is 3. The molecule has 9 aromatic heterocycles. The van der Waals surface area contributed by atoms with Gasteiger partial charge in [-0.25, -0.2) is 36.9 Å². The zero-order valence-corrected chi connectivity index (χ0v) is 82.9. The Balaban J connectivity index is 0.000000175. The maximum Gasteiger partial charge on any atom is 0.276 e. The summed E-state index contributed by atoms with van der Waals surface area (Å²) in [6.07, 6.45) is 8.50. The van der Waals surface area contributed by atoms with E-state index in [1.165, 1.54) is 50.1 Å². The Labute approximate surface area is 836 Å². The number of fused-ring (bicyclic) bond motifs is 3. The minimum Gasteiger partial charge on any atom is -0.505 e. The van der Waals surface area contributed by atoms with Crippen LogP contribution in [0, 0.1) is 83.9 Å². The molecule has 3 N–H and O–H groups in total. The first-order valence-corrected chi connectivity index (χ1v) is 46.2. The Hall–Kier alpha value is -12.4. The summed E-state index contributed by atoms with van der Waals surface area (Å²) in [6.45, 7) is 35.3. The van der Waals surface area contributed by atoms with Crippen LogP contribution in [0.5, 0.6) is 17.2 Å². The number of hydrogen-bond donors (Lipinski definition) is 3. The average molecular weight is 2080 g/mol. The topological polar surface area (TPSA) is 346 Å². The Morgan fingerprint density at radius 1 is 0.399 bits per heavy atom. The van der Waals surface area contributed by atoms with Gasteiger partial charge in [0, 0.05) is 117 Å². The third-order valence-corrected chi connectivity index (χ3v) is 27.3. The minimum atomic E-state index is -1.57. The quantitative estimate of drug-likeness (QED) is 0.0371. The summed E-state index contributed by atoms with van der Waals surface area (Å²) in [5.41, 5.74) is 0.0277. The molecular formula is C96H81Cl10F5N18O9. The van der Waals surface area contributed by atoms with Crippen LogP contribution in [0.25, 0.3) is 83.9 Å². The van der Waals surface area contributed by atoms with Crippen molar-refractivity contribution in [2.24, 2.45) is 0 Å². The smallest absolute Gasteiger partial charge is 0.276 e. The second-order valence-corrected chi connectivity index (χ2v) is 37.4. The molecule has 15 rings (SSSR count). The van der Waals surface area contributed by atoms with Crippen LogP contribution < -0.4 is 31.4 Å². The van der Waals surface area contributed by atoms with Crippen LogP contribution in [0.3, 0.4) is 0 Å². The molecule has 12 aromatic rings. The minimum absolute atomic E-state index is 0.0515. The Bertz CT molecular complexity index is 6790. The van der Waals surface area contributed by atoms with Gasteiger partial charge in [-0.05, 0) is 131 Å². The van der Waals surface area contributed by atoms with Crippen molar-refractivity contribution in [1.29, 1.82) is 15.8 Å². The van der Waals surface area contributed by atoms with Gasteiger partial charge in [0.25, 0.3) is 16.7 Å². The molecule has 714 valence electrons. The zero-order valence-electron chi connectivity index (χ0n) is 75.4. The highest BCUT2D eigenvalue weighted by Gasteiger charge is 2.40. The third kappa shape index (κ3) is 18.1. The van der Waals surface area contributed by atoms with E-state index < -0.39 is 109 Å². The van der Waals surface area contributed by atoms with E-state index in [2.05, 4.69) is 62.9 Å². The number of phenolic OH excluding ortho intramolecular Hbond substituents is 3. The van der Waals surface area contributed by atoms with Gasteiger partial charge >= 0.3 is 0 Å². The van der Waals surface area contributed by atoms with Crippen molar-refractivity contribution >= 4 is 184 Å². The Morgan fingerprint density at radius 2 is 0.652 bits per heavy atom. The number of aromatic nitrogens is 9. The molecule has 3 aromatic carbocycles. The Kier molecular flexibility index (Phi) is 30.6. The molecule has 0 bridgehead atoms. The number of nitriles is 3. The third-order valence-electron chi connectivity index (χ3n) is 24.0. The molecule has 3 atom stereocenters. The van der Waals surface area contributed by atoms with Crippen LogP contribution >= 0.6 is 116 Å². The Morgan fingerprint density at radius 3 is 0.899 bits per heavy atom. The summed E-state index contributed by atoms with van der Waals surface area (Å²) in [7, 11) is 0. The zero-order chi connectivity index (χ0) is 101. The van der Waals surface area contributed by atoms with Gasteiger partial charge in [-0.2, -0.15) is 15.8 Å². The molecule has 27 nitrogen and oxygen atoms in total. The number of amides is 3. The van der Waals surface area contributed by atoms with Gasteiger partial charge in [0.1, 0.15) is 66.9 Å². The number of phenols is 3. The lowest BCUT2D eigenvalue weighted by atomic mass is 10.0. The average Bonchev–Trinajstić information content (AvgIpc) is 0.726. The molecule has 3 fully saturated rings. The fourth-order valence-corrected chi connectivity index (χ4v) is 20.0. The highest BCUT2D eigenvalue weighted by molar-refractivity contribution is 6.45. The fourth-order valence-electron chi connectivity index (χ4n) is 17.4. The van der Waals surface area contributed by atoms with Crippen molar-refractivity contribution < 1.29 is 51.7 Å². The van der Waals surface area contributed by atoms with E-state index in [1.807, 2.05) is 67.2 Å². The molecule has 0 unspecified atom stereocenters. The van der Waals surface area contributed by atoms with Crippen molar-refractivity contribution in [3.8, 4) is 86.3 Å². The van der Waals surface area contributed by atoms with Gasteiger partial charge in [0.05, 0.1) is 115 Å². The van der Waals surface area contributed by atoms with E-state index in [0.717, 1.165) is 0 Å². The number of rotatable bonds is 15. The SMILES string of the molecule is C=CC(=O)N1CCN(c2c(C#N)c(=O)n(-c3c(C)ccnc3C(C)C)c3nc(-c4c(Cl)c(O)c(Cl)c(F)c4Cl)c(Cl)cc23)C[C@H]1C.C=CC(=O)N1CCN(c2c(C#N)c(=O)n(-c3c(C)ccnc3C(C)C)c3nc(-c4c(F)c(F)c(Cl)c(O)c4Cl)c(Cl)cc23)C[C@H]1C.C=CC(=O)N1CCN(c2c(C#N)c(=O)n(-c3c(C)ccnc3C(C)C)c3nc(-c4c(F)c(F)c(Cl)c(O)c4Cl)c(Cl)cc23)C[C@H]1C. The first-order valence-electron chi connectivity index (χ1n) is 42.4. The van der Waals surface area contributed by atoms with Crippen LogP contribution in [-0.4, -0.2) is 168 Å². The molecule has 0 radical (unpaired) electrons. The normalized spacial score (nSPS) is 15.0. The predicted octanol–water partition coefficient (Wildman–Crippen LogP) is 21.3. The van der Waals surface area contributed by atoms with Gasteiger partial charge in [0.15, 0.2) is 46.3 Å². The van der Waals surface area contributed by atoms with E-state index in [0.29, 0.717) is 62.8 Å². The highest BCUT2D eigenvalue weighted by Crippen LogP contribution is 2.52. The van der Waals surface area contributed by atoms with Crippen molar-refractivity contribution in [2.75, 3.05) is 73.6 Å². The van der Waals surface area contributed by atoms with Gasteiger partial charge < -0.3 is 44.7 Å². The van der Waals surface area contributed by atoms with E-state index in [4.69, 9.17) is 121 Å². The second kappa shape index (κ2) is 41.0. The van der Waals surface area contributed by atoms with Crippen molar-refractivity contribution in [1.82, 2.24) is 58.3 Å². The standard InChI is InChI=1S/C32H27Cl4FN6O3.2C32H27Cl3F2N6O3/c1-6-20(44)42-10-9-41(13-16(42)5)29-17-11-19(33)27(21-22(34)25(37)24(36)30(45)23(21)35)40-31(17)43(32(46)18(29)12-38)28-15(4)7-8-39-26(28)14(2)3;2*1-6-20(44)42-10-9-41(13-16(42)5)29-17-11-19(33)27(21-22(34)30(45)23(35)25(37)24(21)36)40-31(17)43(32(46)18(29)12-38)28-15(4)7-8-39-26(28)14(2)3/h3*6-8,11,14,16,45H,1,9-10,13H2,2-5H3/t3*16-/m111/s1. The first kappa shape index (κ1) is 103. The number of pyridine rings is 9. The number of aryl methyl sites for hydroxylation is 3. The molecular weight excluding hydrogens is 2000 g/mol. The van der Waals surface area contributed by atoms with Gasteiger partial charge in [-0.1, -0.05) is 177 Å². The first-order chi connectivity index (χ1) is 65.2. The molecule has 12 heterocycles. The number of nitrogens with zero attached hydrogens (tertiary/aromatic N) is 18. The summed E-state index contributed by atoms with van der Waals surface area (Å²) in [6, 6.07) is 14.6. The summed E-state index contributed by atoms with van der Waals surface area (Å²) < 4.78 is 79.2. The lowest BCUT2D eigenvalue weighted by Crippen LogP contribution is -2.54. The molecule has 3 aliphatic rings. The van der Waals surface area contributed by atoms with Crippen LogP contribution in [0.4, 0.5) is 39.0 Å². The number of hydrogen-bond acceptors (Lipinski definition) is 21. The van der Waals surface area contributed by atoms with E-state index in [-0.39, 0.29) is 205 Å². The largest absolute Gasteiger partial charge is 0.505 e. The van der Waals surface area contributed by atoms with Gasteiger partial charge in [-0.15, -0.1) is 0 Å². The number of anilines is 3. The predicted molar refractivity (Wildman–Crippen MR) is 528 cm³/mol. The summed E-state index contributed by atoms with van der Waals surface area (Å²) in [5, 5.41) is 58.1. The fraction of sp³-hybridized carbons (Fsp3) is 0.281. The highest BCUT2D eigenvalue weighted by atomic mass is 35.5. The van der Waals surface area contributed by atoms with Crippen LogP contribution in [0.1, 0.15) is 131 Å². The van der Waals surface area contributed by atoms with Crippen LogP contribution in [0.2, 0.25) is 50.2 Å². The lowest BCUT2D eigenvalue weighted by molar-refractivity contribution is -0.129. The number of benzene rings is 3. The van der Waals surface area contributed by atoms with Crippen LogP contribution in [0.15, 0.2) is 107 Å². The summed E-state index contributed by atoms with van der Waals surface area (Å²) >= 11 is 62.9. The van der Waals surface area contributed by atoms with E-state index in [9.17, 15) is 68.7 Å². The van der Waals surface area contributed by atoms with Gasteiger partial charge in [-0.3, -0.25) is 57.4 Å². The molecule has 0 spiro atoms. The summed E-state index contributed by atoms with van der Waals surface area (Å²) in [5.74, 6) is -11.1. The van der Waals surface area contributed by atoms with E-state index in [1.54, 1.807) is 82.1 Å². The number of halogens is 15. The molecule has 0 aliphatic carbocycles. The summed E-state index contributed by atoms with van der Waals surface area (Å²) in [4.78, 5) is 119. The monoisotopic (exact) mass is 2070 g/mol. The number of piperazine rings is 3. The maximum absolute atomic E-state index is 15.4. The molecule has 0 saturated carbocycles. The lowest BCUT2D eigenvalue weighted by Gasteiger charge is -2.41. The molecule has 42 heteroatoms. The molecule has 3 amide bonds.